The third-order valence-electron chi connectivity index (χ3n) is 4.28. The van der Waals surface area contributed by atoms with Gasteiger partial charge in [-0.1, -0.05) is 17.7 Å². The summed E-state index contributed by atoms with van der Waals surface area (Å²) in [5.74, 6) is -1.22. The molecule has 3 rings (SSSR count). The molecule has 27 heavy (non-hydrogen) atoms. The maximum atomic E-state index is 12.5. The average molecular weight is 387 g/mol. The molecule has 0 aromatic heterocycles. The van der Waals surface area contributed by atoms with Gasteiger partial charge in [0.2, 0.25) is 11.8 Å². The molecule has 0 aliphatic carbocycles. The molecule has 1 atom stereocenters. The molecule has 2 aromatic carbocycles. The molecule has 2 amide bonds. The number of carbonyl (C=O) groups is 3. The molecule has 0 unspecified atom stereocenters. The highest BCUT2D eigenvalue weighted by atomic mass is 35.5. The fourth-order valence-corrected chi connectivity index (χ4v) is 3.11. The lowest BCUT2D eigenvalue weighted by atomic mass is 10.1. The van der Waals surface area contributed by atoms with Crippen LogP contribution in [0, 0.1) is 5.92 Å². The maximum absolute atomic E-state index is 12.5. The number of hydrogen-bond acceptors (Lipinski definition) is 4. The first-order chi connectivity index (χ1) is 13.0. The quantitative estimate of drug-likeness (QED) is 0.798. The molecule has 0 bridgehead atoms. The van der Waals surface area contributed by atoms with Gasteiger partial charge in [0.25, 0.3) is 0 Å². The number of hydrogen-bond donors (Lipinski definition) is 1. The van der Waals surface area contributed by atoms with E-state index in [0.717, 1.165) is 0 Å². The second-order valence-electron chi connectivity index (χ2n) is 6.17. The summed E-state index contributed by atoms with van der Waals surface area (Å²) in [6, 6.07) is 13.4. The number of carbonyl (C=O) groups excluding carboxylic acids is 3. The Bertz CT molecular complexity index is 867. The molecule has 2 aromatic rings. The van der Waals surface area contributed by atoms with E-state index in [1.807, 2.05) is 0 Å². The van der Waals surface area contributed by atoms with E-state index in [-0.39, 0.29) is 18.2 Å². The van der Waals surface area contributed by atoms with Crippen molar-refractivity contribution in [3.63, 3.8) is 0 Å². The summed E-state index contributed by atoms with van der Waals surface area (Å²) in [7, 11) is 0. The van der Waals surface area contributed by atoms with Gasteiger partial charge < -0.3 is 15.0 Å². The Hall–Kier alpha value is -2.86. The second-order valence-corrected chi connectivity index (χ2v) is 6.61. The molecule has 0 spiro atoms. The van der Waals surface area contributed by atoms with E-state index in [9.17, 15) is 14.4 Å². The number of nitrogens with zero attached hydrogens (tertiary/aromatic N) is 1. The van der Waals surface area contributed by atoms with Crippen LogP contribution >= 0.6 is 11.6 Å². The molecule has 1 aliphatic heterocycles. The van der Waals surface area contributed by atoms with Crippen molar-refractivity contribution in [1.82, 2.24) is 0 Å². The number of esters is 1. The highest BCUT2D eigenvalue weighted by Gasteiger charge is 2.35. The maximum Gasteiger partial charge on any atom is 0.338 e. The summed E-state index contributed by atoms with van der Waals surface area (Å²) in [6.45, 7) is 2.34. The third kappa shape index (κ3) is 4.46. The average Bonchev–Trinajstić information content (AvgIpc) is 3.04. The largest absolute Gasteiger partial charge is 0.462 e. The molecule has 140 valence electrons. The molecule has 1 heterocycles. The van der Waals surface area contributed by atoms with Gasteiger partial charge in [0.1, 0.15) is 0 Å². The van der Waals surface area contributed by atoms with E-state index >= 15 is 0 Å². The van der Waals surface area contributed by atoms with Gasteiger partial charge in [0, 0.05) is 29.4 Å². The molecular weight excluding hydrogens is 368 g/mol. The molecule has 6 nitrogen and oxygen atoms in total. The van der Waals surface area contributed by atoms with Crippen molar-refractivity contribution in [1.29, 1.82) is 0 Å². The highest BCUT2D eigenvalue weighted by molar-refractivity contribution is 6.31. The predicted octanol–water partition coefficient (Wildman–Crippen LogP) is 3.51. The van der Waals surface area contributed by atoms with E-state index in [2.05, 4.69) is 5.32 Å². The number of halogens is 1. The van der Waals surface area contributed by atoms with Crippen LogP contribution in [0.1, 0.15) is 23.7 Å². The lowest BCUT2D eigenvalue weighted by Crippen LogP contribution is -2.28. The zero-order valence-corrected chi connectivity index (χ0v) is 15.5. The van der Waals surface area contributed by atoms with Gasteiger partial charge in [0.05, 0.1) is 18.1 Å². The minimum atomic E-state index is -0.457. The molecule has 1 saturated heterocycles. The SMILES string of the molecule is CCOC(=O)c1ccc(NC(=O)[C@H]2CC(=O)N(c3cccc(Cl)c3)C2)cc1. The molecule has 1 N–H and O–H groups in total. The van der Waals surface area contributed by atoms with Crippen LogP contribution in [-0.4, -0.2) is 30.9 Å². The summed E-state index contributed by atoms with van der Waals surface area (Å²) >= 11 is 5.98. The first-order valence-electron chi connectivity index (χ1n) is 8.62. The van der Waals surface area contributed by atoms with Gasteiger partial charge >= 0.3 is 5.97 Å². The number of nitrogens with one attached hydrogen (secondary N) is 1. The second kappa shape index (κ2) is 8.22. The van der Waals surface area contributed by atoms with Crippen LogP contribution in [0.5, 0.6) is 0 Å². The molecular formula is C20H19ClN2O4. The van der Waals surface area contributed by atoms with Crippen molar-refractivity contribution < 1.29 is 19.1 Å². The molecule has 7 heteroatoms. The summed E-state index contributed by atoms with van der Waals surface area (Å²) in [4.78, 5) is 38.0. The zero-order valence-electron chi connectivity index (χ0n) is 14.8. The minimum absolute atomic E-state index is 0.116. The van der Waals surface area contributed by atoms with Gasteiger partial charge in [-0.15, -0.1) is 0 Å². The van der Waals surface area contributed by atoms with Crippen LogP contribution in [0.15, 0.2) is 48.5 Å². The van der Waals surface area contributed by atoms with Gasteiger partial charge in [-0.05, 0) is 49.4 Å². The van der Waals surface area contributed by atoms with Crippen molar-refractivity contribution in [2.24, 2.45) is 5.92 Å². The van der Waals surface area contributed by atoms with Gasteiger partial charge in [-0.2, -0.15) is 0 Å². The Labute approximate surface area is 162 Å². The van der Waals surface area contributed by atoms with Crippen LogP contribution in [0.3, 0.4) is 0 Å². The monoisotopic (exact) mass is 386 g/mol. The smallest absolute Gasteiger partial charge is 0.338 e. The number of benzene rings is 2. The van der Waals surface area contributed by atoms with E-state index < -0.39 is 11.9 Å². The Morgan fingerprint density at radius 2 is 1.96 bits per heavy atom. The summed E-state index contributed by atoms with van der Waals surface area (Å²) < 4.78 is 4.93. The Kier molecular flexibility index (Phi) is 5.76. The number of rotatable bonds is 5. The summed E-state index contributed by atoms with van der Waals surface area (Å²) in [5, 5.41) is 3.33. The van der Waals surface area contributed by atoms with Crippen LogP contribution in [-0.2, 0) is 14.3 Å². The number of amides is 2. The molecule has 1 aliphatic rings. The first-order valence-corrected chi connectivity index (χ1v) is 8.99. The van der Waals surface area contributed by atoms with Crippen molar-refractivity contribution in [3.05, 3.63) is 59.1 Å². The topological polar surface area (TPSA) is 75.7 Å². The first kappa shape index (κ1) is 18.9. The van der Waals surface area contributed by atoms with Gasteiger partial charge in [0.15, 0.2) is 0 Å². The lowest BCUT2D eigenvalue weighted by Gasteiger charge is -2.17. The van der Waals surface area contributed by atoms with E-state index in [1.165, 1.54) is 0 Å². The third-order valence-corrected chi connectivity index (χ3v) is 4.51. The molecule has 0 radical (unpaired) electrons. The predicted molar refractivity (Wildman–Crippen MR) is 103 cm³/mol. The Balaban J connectivity index is 1.63. The number of ether oxygens (including phenoxy) is 1. The van der Waals surface area contributed by atoms with Crippen molar-refractivity contribution in [2.75, 3.05) is 23.4 Å². The fourth-order valence-electron chi connectivity index (χ4n) is 2.93. The standard InChI is InChI=1S/C20H19ClN2O4/c1-2-27-20(26)13-6-8-16(9-7-13)22-19(25)14-10-18(24)23(12-14)17-5-3-4-15(21)11-17/h3-9,11,14H,2,10,12H2,1H3,(H,22,25)/t14-/m0/s1. The van der Waals surface area contributed by atoms with Gasteiger partial charge in [-0.25, -0.2) is 4.79 Å². The van der Waals surface area contributed by atoms with Crippen LogP contribution in [0.4, 0.5) is 11.4 Å². The van der Waals surface area contributed by atoms with Crippen LogP contribution < -0.4 is 10.2 Å². The van der Waals surface area contributed by atoms with Crippen LogP contribution in [0.2, 0.25) is 5.02 Å². The van der Waals surface area contributed by atoms with E-state index in [4.69, 9.17) is 16.3 Å². The van der Waals surface area contributed by atoms with Crippen LogP contribution in [0.25, 0.3) is 0 Å². The van der Waals surface area contributed by atoms with Gasteiger partial charge in [-0.3, -0.25) is 9.59 Å². The van der Waals surface area contributed by atoms with Crippen molar-refractivity contribution >= 4 is 40.8 Å². The van der Waals surface area contributed by atoms with E-state index in [0.29, 0.717) is 35.1 Å². The van der Waals surface area contributed by atoms with Crippen molar-refractivity contribution in [2.45, 2.75) is 13.3 Å². The summed E-state index contributed by atoms with van der Waals surface area (Å²) in [5.41, 5.74) is 1.65. The Morgan fingerprint density at radius 1 is 1.22 bits per heavy atom. The molecule has 0 saturated carbocycles. The van der Waals surface area contributed by atoms with E-state index in [1.54, 1.807) is 60.4 Å². The van der Waals surface area contributed by atoms with Crippen molar-refractivity contribution in [3.8, 4) is 0 Å². The molecule has 1 fully saturated rings. The fraction of sp³-hybridized carbons (Fsp3) is 0.250. The lowest BCUT2D eigenvalue weighted by molar-refractivity contribution is -0.122. The number of anilines is 2. The normalized spacial score (nSPS) is 16.3. The highest BCUT2D eigenvalue weighted by Crippen LogP contribution is 2.28. The zero-order chi connectivity index (χ0) is 19.4. The Morgan fingerprint density at radius 3 is 2.63 bits per heavy atom. The minimum Gasteiger partial charge on any atom is -0.462 e. The summed E-state index contributed by atoms with van der Waals surface area (Å²) in [6.07, 6.45) is 0.138.